The van der Waals surface area contributed by atoms with Crippen molar-refractivity contribution in [2.24, 2.45) is 5.73 Å². The van der Waals surface area contributed by atoms with Crippen LogP contribution in [0, 0.1) is 5.82 Å². The van der Waals surface area contributed by atoms with Crippen LogP contribution >= 0.6 is 11.6 Å². The number of hydrogen-bond acceptors (Lipinski definition) is 3. The Balaban J connectivity index is 1.85. The van der Waals surface area contributed by atoms with Crippen LogP contribution in [0.3, 0.4) is 0 Å². The summed E-state index contributed by atoms with van der Waals surface area (Å²) >= 11 is 6.08. The molecule has 1 heterocycles. The van der Waals surface area contributed by atoms with Crippen molar-refractivity contribution < 1.29 is 13.9 Å². The van der Waals surface area contributed by atoms with Crippen molar-refractivity contribution in [3.8, 4) is 0 Å². The Morgan fingerprint density at radius 3 is 2.60 bits per heavy atom. The van der Waals surface area contributed by atoms with E-state index in [9.17, 15) is 9.18 Å². The Morgan fingerprint density at radius 2 is 1.96 bits per heavy atom. The molecular weight excluding hydrogens is 343 g/mol. The molecule has 1 unspecified atom stereocenters. The van der Waals surface area contributed by atoms with E-state index in [-0.39, 0.29) is 17.8 Å². The van der Waals surface area contributed by atoms with Gasteiger partial charge in [0.25, 0.3) is 0 Å². The third-order valence-corrected chi connectivity index (χ3v) is 4.55. The average Bonchev–Trinajstić information content (AvgIpc) is 3.09. The minimum atomic E-state index is -0.538. The molecule has 1 saturated heterocycles. The van der Waals surface area contributed by atoms with E-state index in [1.165, 1.54) is 12.1 Å². The molecule has 3 N–H and O–H groups in total. The lowest BCUT2D eigenvalue weighted by Crippen LogP contribution is -2.38. The van der Waals surface area contributed by atoms with Gasteiger partial charge in [0, 0.05) is 11.6 Å². The Morgan fingerprint density at radius 1 is 1.24 bits per heavy atom. The summed E-state index contributed by atoms with van der Waals surface area (Å²) in [7, 11) is 0. The molecule has 0 aromatic heterocycles. The monoisotopic (exact) mass is 362 g/mol. The summed E-state index contributed by atoms with van der Waals surface area (Å²) in [5.41, 5.74) is 7.02. The SMILES string of the molecule is NC[C@H]1CC[C@@H](C(=O)NC(c2cccc(F)c2)c2cccc(Cl)c2)O1. The molecule has 0 aliphatic carbocycles. The number of nitrogens with one attached hydrogen (secondary N) is 1. The van der Waals surface area contributed by atoms with E-state index in [2.05, 4.69) is 5.32 Å². The van der Waals surface area contributed by atoms with E-state index in [1.807, 2.05) is 6.07 Å². The zero-order valence-corrected chi connectivity index (χ0v) is 14.4. The van der Waals surface area contributed by atoms with Gasteiger partial charge in [-0.05, 0) is 48.2 Å². The number of ether oxygens (including phenoxy) is 1. The van der Waals surface area contributed by atoms with Gasteiger partial charge in [0.2, 0.25) is 5.91 Å². The highest BCUT2D eigenvalue weighted by Crippen LogP contribution is 2.27. The lowest BCUT2D eigenvalue weighted by atomic mass is 9.98. The maximum absolute atomic E-state index is 13.7. The Labute approximate surface area is 151 Å². The van der Waals surface area contributed by atoms with Gasteiger partial charge in [0.1, 0.15) is 11.9 Å². The minimum Gasteiger partial charge on any atom is -0.364 e. The fourth-order valence-electron chi connectivity index (χ4n) is 3.04. The van der Waals surface area contributed by atoms with Crippen LogP contribution in [0.1, 0.15) is 30.0 Å². The highest BCUT2D eigenvalue weighted by atomic mass is 35.5. The molecule has 132 valence electrons. The van der Waals surface area contributed by atoms with Crippen molar-refractivity contribution in [1.82, 2.24) is 5.32 Å². The van der Waals surface area contributed by atoms with Gasteiger partial charge in [0.05, 0.1) is 12.1 Å². The van der Waals surface area contributed by atoms with Gasteiger partial charge in [-0.25, -0.2) is 4.39 Å². The van der Waals surface area contributed by atoms with Gasteiger partial charge >= 0.3 is 0 Å². The normalized spacial score (nSPS) is 21.1. The van der Waals surface area contributed by atoms with Crippen LogP contribution in [-0.2, 0) is 9.53 Å². The van der Waals surface area contributed by atoms with Gasteiger partial charge in [-0.15, -0.1) is 0 Å². The molecule has 3 atom stereocenters. The standard InChI is InChI=1S/C19H20ClFN2O2/c20-14-5-1-3-12(9-14)18(13-4-2-6-15(21)10-13)23-19(24)17-8-7-16(11-22)25-17/h1-6,9-10,16-18H,7-8,11,22H2,(H,23,24)/t16-,17+,18?/m1/s1. The van der Waals surface area contributed by atoms with Crippen molar-refractivity contribution in [3.63, 3.8) is 0 Å². The number of halogens is 2. The summed E-state index contributed by atoms with van der Waals surface area (Å²) in [6.45, 7) is 0.394. The topological polar surface area (TPSA) is 64.4 Å². The summed E-state index contributed by atoms with van der Waals surface area (Å²) in [6, 6.07) is 12.8. The Bertz CT molecular complexity index is 710. The van der Waals surface area contributed by atoms with Crippen LogP contribution in [0.5, 0.6) is 0 Å². The predicted octanol–water partition coefficient (Wildman–Crippen LogP) is 3.19. The van der Waals surface area contributed by atoms with Crippen LogP contribution in [0.2, 0.25) is 5.02 Å². The number of benzene rings is 2. The molecule has 0 radical (unpaired) electrons. The second-order valence-corrected chi connectivity index (χ2v) is 6.55. The van der Waals surface area contributed by atoms with E-state index in [4.69, 9.17) is 22.1 Å². The molecule has 1 amide bonds. The Hall–Kier alpha value is -1.95. The van der Waals surface area contributed by atoms with E-state index in [1.54, 1.807) is 30.3 Å². The molecule has 4 nitrogen and oxygen atoms in total. The van der Waals surface area contributed by atoms with Crippen molar-refractivity contribution >= 4 is 17.5 Å². The highest BCUT2D eigenvalue weighted by molar-refractivity contribution is 6.30. The van der Waals surface area contributed by atoms with E-state index < -0.39 is 12.1 Å². The number of nitrogens with two attached hydrogens (primary N) is 1. The first-order chi connectivity index (χ1) is 12.1. The van der Waals surface area contributed by atoms with Crippen molar-refractivity contribution in [2.75, 3.05) is 6.54 Å². The second-order valence-electron chi connectivity index (χ2n) is 6.11. The first-order valence-corrected chi connectivity index (χ1v) is 8.61. The number of rotatable bonds is 5. The van der Waals surface area contributed by atoms with Crippen LogP contribution in [0.15, 0.2) is 48.5 Å². The lowest BCUT2D eigenvalue weighted by Gasteiger charge is -2.22. The van der Waals surface area contributed by atoms with Crippen molar-refractivity contribution in [2.45, 2.75) is 31.1 Å². The first kappa shape index (κ1) is 17.9. The molecule has 0 bridgehead atoms. The molecule has 0 spiro atoms. The lowest BCUT2D eigenvalue weighted by molar-refractivity contribution is -0.132. The summed E-state index contributed by atoms with van der Waals surface area (Å²) in [6.07, 6.45) is 0.758. The van der Waals surface area contributed by atoms with Gasteiger partial charge in [-0.3, -0.25) is 4.79 Å². The van der Waals surface area contributed by atoms with E-state index in [0.717, 1.165) is 12.0 Å². The minimum absolute atomic E-state index is 0.0884. The van der Waals surface area contributed by atoms with Crippen LogP contribution in [0.4, 0.5) is 4.39 Å². The molecule has 2 aromatic carbocycles. The van der Waals surface area contributed by atoms with Crippen molar-refractivity contribution in [3.05, 3.63) is 70.5 Å². The zero-order chi connectivity index (χ0) is 17.8. The molecule has 25 heavy (non-hydrogen) atoms. The second kappa shape index (κ2) is 7.95. The smallest absolute Gasteiger partial charge is 0.249 e. The number of amides is 1. The molecule has 1 aliphatic heterocycles. The summed E-state index contributed by atoms with van der Waals surface area (Å²) in [5.74, 6) is -0.593. The van der Waals surface area contributed by atoms with Crippen LogP contribution in [-0.4, -0.2) is 24.7 Å². The summed E-state index contributed by atoms with van der Waals surface area (Å²) in [4.78, 5) is 12.6. The molecule has 1 aliphatic rings. The van der Waals surface area contributed by atoms with Crippen molar-refractivity contribution in [1.29, 1.82) is 0 Å². The van der Waals surface area contributed by atoms with Gasteiger partial charge in [-0.2, -0.15) is 0 Å². The zero-order valence-electron chi connectivity index (χ0n) is 13.6. The van der Waals surface area contributed by atoms with E-state index >= 15 is 0 Å². The first-order valence-electron chi connectivity index (χ1n) is 8.23. The fourth-order valence-corrected chi connectivity index (χ4v) is 3.24. The Kier molecular flexibility index (Phi) is 5.68. The average molecular weight is 363 g/mol. The van der Waals surface area contributed by atoms with Gasteiger partial charge < -0.3 is 15.8 Å². The third kappa shape index (κ3) is 4.37. The quantitative estimate of drug-likeness (QED) is 0.858. The predicted molar refractivity (Wildman–Crippen MR) is 94.8 cm³/mol. The summed E-state index contributed by atoms with van der Waals surface area (Å²) in [5, 5.41) is 3.51. The highest BCUT2D eigenvalue weighted by Gasteiger charge is 2.31. The fraction of sp³-hybridized carbons (Fsp3) is 0.316. The third-order valence-electron chi connectivity index (χ3n) is 4.31. The molecule has 6 heteroatoms. The number of carbonyl (C=O) groups is 1. The maximum Gasteiger partial charge on any atom is 0.249 e. The number of carbonyl (C=O) groups excluding carboxylic acids is 1. The molecule has 2 aromatic rings. The number of hydrogen-bond donors (Lipinski definition) is 2. The van der Waals surface area contributed by atoms with E-state index in [0.29, 0.717) is 23.6 Å². The van der Waals surface area contributed by atoms with Crippen LogP contribution < -0.4 is 11.1 Å². The largest absolute Gasteiger partial charge is 0.364 e. The summed E-state index contributed by atoms with van der Waals surface area (Å²) < 4.78 is 19.3. The molecule has 3 rings (SSSR count). The maximum atomic E-state index is 13.7. The van der Waals surface area contributed by atoms with Crippen LogP contribution in [0.25, 0.3) is 0 Å². The molecule has 1 fully saturated rings. The van der Waals surface area contributed by atoms with Gasteiger partial charge in [-0.1, -0.05) is 35.9 Å². The molecule has 0 saturated carbocycles. The molecular formula is C19H20ClFN2O2. The van der Waals surface area contributed by atoms with Gasteiger partial charge in [0.15, 0.2) is 0 Å².